The van der Waals surface area contributed by atoms with E-state index in [0.717, 1.165) is 0 Å². The maximum Gasteiger partial charge on any atom is 0.223 e. The first-order chi connectivity index (χ1) is 15.2. The lowest BCUT2D eigenvalue weighted by molar-refractivity contribution is -0.337. The molecule has 2 rings (SSSR count). The zero-order valence-corrected chi connectivity index (χ0v) is 19.2. The second-order valence-corrected chi connectivity index (χ2v) is 8.38. The summed E-state index contributed by atoms with van der Waals surface area (Å²) >= 11 is 0. The fourth-order valence-electron chi connectivity index (χ4n) is 4.25. The predicted molar refractivity (Wildman–Crippen MR) is 111 cm³/mol. The van der Waals surface area contributed by atoms with Gasteiger partial charge in [-0.2, -0.15) is 0 Å². The van der Waals surface area contributed by atoms with Crippen molar-refractivity contribution in [3.8, 4) is 0 Å². The molecule has 0 radical (unpaired) electrons. The van der Waals surface area contributed by atoms with Gasteiger partial charge in [-0.1, -0.05) is 20.8 Å². The van der Waals surface area contributed by atoms with Gasteiger partial charge < -0.3 is 49.8 Å². The molecule has 2 heterocycles. The van der Waals surface area contributed by atoms with Crippen LogP contribution in [0.4, 0.5) is 0 Å². The van der Waals surface area contributed by atoms with Gasteiger partial charge in [-0.15, -0.1) is 0 Å². The van der Waals surface area contributed by atoms with Crippen LogP contribution in [0.5, 0.6) is 0 Å². The number of amides is 1. The van der Waals surface area contributed by atoms with Crippen molar-refractivity contribution < 1.29 is 49.3 Å². The predicted octanol–water partition coefficient (Wildman–Crippen LogP) is -1.52. The molecule has 2 aliphatic heterocycles. The van der Waals surface area contributed by atoms with E-state index in [-0.39, 0.29) is 11.8 Å². The minimum absolute atomic E-state index is 0.301. The van der Waals surface area contributed by atoms with E-state index in [1.165, 1.54) is 0 Å². The number of hydrogen-bond acceptors (Lipinski definition) is 10. The van der Waals surface area contributed by atoms with Gasteiger partial charge in [0.25, 0.3) is 0 Å². The molecule has 0 aromatic carbocycles. The van der Waals surface area contributed by atoms with Crippen molar-refractivity contribution in [1.82, 2.24) is 5.32 Å². The first kappa shape index (κ1) is 27.4. The summed E-state index contributed by atoms with van der Waals surface area (Å²) in [5.74, 6) is -1.13. The Morgan fingerprint density at radius 3 is 2.12 bits per heavy atom. The van der Waals surface area contributed by atoms with Crippen LogP contribution in [0.15, 0.2) is 0 Å². The lowest BCUT2D eigenvalue weighted by Crippen LogP contribution is -2.67. The third kappa shape index (κ3) is 5.96. The number of carbonyl (C=O) groups is 1. The SMILES string of the molecule is CCO[C@@H]1C(C)C(O)OC(CO)[C@H]1O[C@@H]1OC(CO)[C@@H](O)[C@H](O)C1NC(=O)C(CC)CC. The molecule has 32 heavy (non-hydrogen) atoms. The Balaban J connectivity index is 2.31. The molecule has 0 aromatic heterocycles. The molecule has 6 N–H and O–H groups in total. The van der Waals surface area contributed by atoms with Crippen LogP contribution in [0.25, 0.3) is 0 Å². The molecule has 0 aromatic rings. The molecular formula is C21H39NO10. The van der Waals surface area contributed by atoms with E-state index in [4.69, 9.17) is 18.9 Å². The summed E-state index contributed by atoms with van der Waals surface area (Å²) < 4.78 is 23.0. The maximum absolute atomic E-state index is 12.7. The smallest absolute Gasteiger partial charge is 0.223 e. The van der Waals surface area contributed by atoms with E-state index in [2.05, 4.69) is 5.32 Å². The fourth-order valence-corrected chi connectivity index (χ4v) is 4.25. The highest BCUT2D eigenvalue weighted by Crippen LogP contribution is 2.32. The van der Waals surface area contributed by atoms with E-state index >= 15 is 0 Å². The van der Waals surface area contributed by atoms with Crippen LogP contribution in [0.3, 0.4) is 0 Å². The summed E-state index contributed by atoms with van der Waals surface area (Å²) in [5.41, 5.74) is 0. The van der Waals surface area contributed by atoms with Crippen LogP contribution < -0.4 is 5.32 Å². The molecular weight excluding hydrogens is 426 g/mol. The zero-order valence-electron chi connectivity index (χ0n) is 19.2. The molecule has 0 saturated carbocycles. The summed E-state index contributed by atoms with van der Waals surface area (Å²) in [6.45, 7) is 6.47. The Morgan fingerprint density at radius 2 is 1.59 bits per heavy atom. The molecule has 0 spiro atoms. The molecule has 5 unspecified atom stereocenters. The molecule has 2 saturated heterocycles. The summed E-state index contributed by atoms with van der Waals surface area (Å²) in [4.78, 5) is 12.7. The lowest BCUT2D eigenvalue weighted by Gasteiger charge is -2.48. The zero-order chi connectivity index (χ0) is 24.0. The van der Waals surface area contributed by atoms with E-state index in [9.17, 15) is 30.3 Å². The quantitative estimate of drug-likeness (QED) is 0.223. The van der Waals surface area contributed by atoms with E-state index < -0.39 is 74.4 Å². The van der Waals surface area contributed by atoms with Crippen molar-refractivity contribution in [3.63, 3.8) is 0 Å². The van der Waals surface area contributed by atoms with Crippen LogP contribution in [-0.2, 0) is 23.7 Å². The molecule has 2 fully saturated rings. The van der Waals surface area contributed by atoms with Gasteiger partial charge in [-0.25, -0.2) is 0 Å². The first-order valence-electron chi connectivity index (χ1n) is 11.4. The normalized spacial score (nSPS) is 40.4. The molecule has 1 amide bonds. The van der Waals surface area contributed by atoms with Crippen LogP contribution in [0.1, 0.15) is 40.5 Å². The highest BCUT2D eigenvalue weighted by molar-refractivity contribution is 5.79. The van der Waals surface area contributed by atoms with E-state index in [1.54, 1.807) is 13.8 Å². The summed E-state index contributed by atoms with van der Waals surface area (Å²) in [6.07, 6.45) is -7.93. The van der Waals surface area contributed by atoms with Gasteiger partial charge in [-0.3, -0.25) is 4.79 Å². The highest BCUT2D eigenvalue weighted by atomic mass is 16.7. The summed E-state index contributed by atoms with van der Waals surface area (Å²) in [7, 11) is 0. The standard InChI is InChI=1S/C21H39NO10/c1-5-11(6-2)19(27)22-14-16(26)15(25)12(8-23)31-21(14)32-18-13(9-24)30-20(28)10(4)17(18)29-7-3/h10-18,20-21,23-26,28H,5-9H2,1-4H3,(H,22,27)/t10?,12?,13?,14?,15-,16-,17-,18-,20?,21+/m1/s1. The molecule has 2 aliphatic rings. The van der Waals surface area contributed by atoms with Gasteiger partial charge in [0, 0.05) is 18.4 Å². The Kier molecular flexibility index (Phi) is 10.7. The number of aliphatic hydroxyl groups excluding tert-OH is 5. The molecule has 188 valence electrons. The van der Waals surface area contributed by atoms with Crippen LogP contribution in [0.2, 0.25) is 0 Å². The number of nitrogens with one attached hydrogen (secondary N) is 1. The van der Waals surface area contributed by atoms with Crippen LogP contribution in [0, 0.1) is 11.8 Å². The second kappa shape index (κ2) is 12.5. The van der Waals surface area contributed by atoms with Gasteiger partial charge in [0.15, 0.2) is 12.6 Å². The first-order valence-corrected chi connectivity index (χ1v) is 11.4. The monoisotopic (exact) mass is 465 g/mol. The average molecular weight is 466 g/mol. The number of hydrogen-bond donors (Lipinski definition) is 6. The molecule has 0 aliphatic carbocycles. The molecule has 10 atom stereocenters. The average Bonchev–Trinajstić information content (AvgIpc) is 2.78. The topological polar surface area (TPSA) is 167 Å². The number of rotatable bonds is 10. The minimum Gasteiger partial charge on any atom is -0.394 e. The van der Waals surface area contributed by atoms with E-state index in [0.29, 0.717) is 19.4 Å². The maximum atomic E-state index is 12.7. The largest absolute Gasteiger partial charge is 0.394 e. The van der Waals surface area contributed by atoms with E-state index in [1.807, 2.05) is 13.8 Å². The second-order valence-electron chi connectivity index (χ2n) is 8.38. The molecule has 0 bridgehead atoms. The number of carbonyl (C=O) groups excluding carboxylic acids is 1. The van der Waals surface area contributed by atoms with Crippen molar-refractivity contribution >= 4 is 5.91 Å². The van der Waals surface area contributed by atoms with Crippen LogP contribution in [-0.4, -0.2) is 107 Å². The van der Waals surface area contributed by atoms with Crippen molar-refractivity contribution in [2.24, 2.45) is 11.8 Å². The van der Waals surface area contributed by atoms with Crippen molar-refractivity contribution in [2.75, 3.05) is 19.8 Å². The van der Waals surface area contributed by atoms with Gasteiger partial charge in [0.2, 0.25) is 5.91 Å². The van der Waals surface area contributed by atoms with Gasteiger partial charge in [0.05, 0.1) is 19.3 Å². The number of ether oxygens (including phenoxy) is 4. The Bertz CT molecular complexity index is 577. The van der Waals surface area contributed by atoms with Gasteiger partial charge in [0.1, 0.15) is 36.6 Å². The molecule has 11 heteroatoms. The van der Waals surface area contributed by atoms with Crippen molar-refractivity contribution in [3.05, 3.63) is 0 Å². The van der Waals surface area contributed by atoms with Gasteiger partial charge >= 0.3 is 0 Å². The fraction of sp³-hybridized carbons (Fsp3) is 0.952. The molecule has 11 nitrogen and oxygen atoms in total. The third-order valence-electron chi connectivity index (χ3n) is 6.35. The Labute approximate surface area is 188 Å². The minimum atomic E-state index is -1.48. The third-order valence-corrected chi connectivity index (χ3v) is 6.35. The highest BCUT2D eigenvalue weighted by Gasteiger charge is 2.51. The van der Waals surface area contributed by atoms with Crippen LogP contribution >= 0.6 is 0 Å². The summed E-state index contributed by atoms with van der Waals surface area (Å²) in [5, 5.41) is 53.3. The summed E-state index contributed by atoms with van der Waals surface area (Å²) in [6, 6.07) is -1.15. The Hall–Kier alpha value is -0.890. The van der Waals surface area contributed by atoms with Crippen molar-refractivity contribution in [2.45, 2.75) is 95.8 Å². The Morgan fingerprint density at radius 1 is 0.969 bits per heavy atom. The lowest BCUT2D eigenvalue weighted by atomic mass is 9.91. The van der Waals surface area contributed by atoms with Crippen molar-refractivity contribution in [1.29, 1.82) is 0 Å². The number of aliphatic hydroxyl groups is 5. The van der Waals surface area contributed by atoms with Gasteiger partial charge in [-0.05, 0) is 19.8 Å².